The zero-order valence-electron chi connectivity index (χ0n) is 14.0. The Morgan fingerprint density at radius 1 is 1.00 bits per heavy atom. The van der Waals surface area contributed by atoms with Crippen molar-refractivity contribution in [1.29, 1.82) is 0 Å². The van der Waals surface area contributed by atoms with Gasteiger partial charge in [0, 0.05) is 12.1 Å². The molecule has 0 saturated carbocycles. The van der Waals surface area contributed by atoms with Crippen molar-refractivity contribution >= 4 is 15.9 Å². The zero-order valence-corrected chi connectivity index (χ0v) is 14.9. The van der Waals surface area contributed by atoms with Crippen molar-refractivity contribution in [3.63, 3.8) is 0 Å². The third-order valence-electron chi connectivity index (χ3n) is 3.72. The highest BCUT2D eigenvalue weighted by Crippen LogP contribution is 2.22. The number of primary sulfonamides is 1. The molecule has 0 aromatic heterocycles. The molecule has 2 aromatic carbocycles. The van der Waals surface area contributed by atoms with Gasteiger partial charge >= 0.3 is 0 Å². The molecule has 0 fully saturated rings. The first-order valence-electron chi connectivity index (χ1n) is 7.58. The summed E-state index contributed by atoms with van der Waals surface area (Å²) in [5.41, 5.74) is 2.59. The van der Waals surface area contributed by atoms with Crippen LogP contribution in [0.3, 0.4) is 0 Å². The fourth-order valence-electron chi connectivity index (χ4n) is 2.20. The summed E-state index contributed by atoms with van der Waals surface area (Å²) >= 11 is 0. The van der Waals surface area contributed by atoms with E-state index >= 15 is 0 Å². The van der Waals surface area contributed by atoms with Crippen molar-refractivity contribution in [3.05, 3.63) is 65.2 Å². The van der Waals surface area contributed by atoms with E-state index in [-0.39, 0.29) is 16.2 Å². The quantitative estimate of drug-likeness (QED) is 0.891. The van der Waals surface area contributed by atoms with E-state index in [1.165, 1.54) is 12.1 Å². The molecule has 0 aliphatic carbocycles. The van der Waals surface area contributed by atoms with Crippen LogP contribution in [0.2, 0.25) is 0 Å². The molecule has 6 heteroatoms. The molecule has 0 radical (unpaired) electrons. The average Bonchev–Trinajstić information content (AvgIpc) is 2.51. The van der Waals surface area contributed by atoms with Gasteiger partial charge in [0.15, 0.2) is 0 Å². The Morgan fingerprint density at radius 3 is 2.00 bits per heavy atom. The predicted octanol–water partition coefficient (Wildman–Crippen LogP) is 2.56. The largest absolute Gasteiger partial charge is 0.348 e. The molecule has 0 unspecified atom stereocenters. The van der Waals surface area contributed by atoms with E-state index in [2.05, 4.69) is 26.1 Å². The van der Waals surface area contributed by atoms with Crippen LogP contribution in [0.25, 0.3) is 0 Å². The maximum absolute atomic E-state index is 12.2. The number of carbonyl (C=O) groups is 1. The van der Waals surface area contributed by atoms with Gasteiger partial charge in [0.05, 0.1) is 4.90 Å². The Hall–Kier alpha value is -2.18. The SMILES string of the molecule is CC(C)(C)c1ccc(C(=O)NCc2ccc(S(N)(=O)=O)cc2)cc1. The van der Waals surface area contributed by atoms with Gasteiger partial charge in [-0.15, -0.1) is 0 Å². The van der Waals surface area contributed by atoms with Gasteiger partial charge in [-0.25, -0.2) is 13.6 Å². The van der Waals surface area contributed by atoms with Crippen LogP contribution in [0.5, 0.6) is 0 Å². The summed E-state index contributed by atoms with van der Waals surface area (Å²) in [6.45, 7) is 6.67. The number of nitrogens with two attached hydrogens (primary N) is 1. The number of hydrogen-bond acceptors (Lipinski definition) is 3. The van der Waals surface area contributed by atoms with Crippen LogP contribution in [0.1, 0.15) is 42.3 Å². The lowest BCUT2D eigenvalue weighted by Crippen LogP contribution is -2.23. The Kier molecular flexibility index (Phi) is 5.11. The minimum atomic E-state index is -3.70. The summed E-state index contributed by atoms with van der Waals surface area (Å²) in [4.78, 5) is 12.2. The van der Waals surface area contributed by atoms with Crippen molar-refractivity contribution < 1.29 is 13.2 Å². The van der Waals surface area contributed by atoms with Gasteiger partial charge in [-0.3, -0.25) is 4.79 Å². The third kappa shape index (κ3) is 4.66. The average molecular weight is 346 g/mol. The Balaban J connectivity index is 2.00. The number of benzene rings is 2. The van der Waals surface area contributed by atoms with Gasteiger partial charge in [0.2, 0.25) is 10.0 Å². The van der Waals surface area contributed by atoms with E-state index in [1.54, 1.807) is 24.3 Å². The first-order valence-corrected chi connectivity index (χ1v) is 9.12. The normalized spacial score (nSPS) is 12.0. The number of nitrogens with one attached hydrogen (secondary N) is 1. The molecule has 0 saturated heterocycles. The summed E-state index contributed by atoms with van der Waals surface area (Å²) in [6, 6.07) is 13.6. The molecule has 0 atom stereocenters. The molecule has 0 spiro atoms. The summed E-state index contributed by atoms with van der Waals surface area (Å²) in [5.74, 6) is -0.175. The molecule has 0 aliphatic heterocycles. The topological polar surface area (TPSA) is 89.3 Å². The van der Waals surface area contributed by atoms with E-state index in [9.17, 15) is 13.2 Å². The molecular weight excluding hydrogens is 324 g/mol. The van der Waals surface area contributed by atoms with Crippen LogP contribution < -0.4 is 10.5 Å². The molecule has 0 heterocycles. The molecule has 2 aromatic rings. The lowest BCUT2D eigenvalue weighted by molar-refractivity contribution is 0.0951. The number of amides is 1. The smallest absolute Gasteiger partial charge is 0.251 e. The summed E-state index contributed by atoms with van der Waals surface area (Å²) in [5, 5.41) is 7.86. The second-order valence-corrected chi connectivity index (χ2v) is 8.26. The summed E-state index contributed by atoms with van der Waals surface area (Å²) < 4.78 is 22.4. The van der Waals surface area contributed by atoms with Gasteiger partial charge < -0.3 is 5.32 Å². The lowest BCUT2D eigenvalue weighted by atomic mass is 9.87. The standard InChI is InChI=1S/C18H22N2O3S/c1-18(2,3)15-8-6-14(7-9-15)17(21)20-12-13-4-10-16(11-5-13)24(19,22)23/h4-11H,12H2,1-3H3,(H,20,21)(H2,19,22,23). The summed E-state index contributed by atoms with van der Waals surface area (Å²) in [6.07, 6.45) is 0. The fourth-order valence-corrected chi connectivity index (χ4v) is 2.72. The van der Waals surface area contributed by atoms with E-state index in [4.69, 9.17) is 5.14 Å². The van der Waals surface area contributed by atoms with Gasteiger partial charge in [0.1, 0.15) is 0 Å². The number of carbonyl (C=O) groups excluding carboxylic acids is 1. The minimum Gasteiger partial charge on any atom is -0.348 e. The van der Waals surface area contributed by atoms with Crippen molar-refractivity contribution in [1.82, 2.24) is 5.32 Å². The summed E-state index contributed by atoms with van der Waals surface area (Å²) in [7, 11) is -3.70. The maximum atomic E-state index is 12.2. The Labute approximate surface area is 142 Å². The number of rotatable bonds is 4. The van der Waals surface area contributed by atoms with Crippen LogP contribution in [-0.2, 0) is 22.0 Å². The molecule has 5 nitrogen and oxygen atoms in total. The number of hydrogen-bond donors (Lipinski definition) is 2. The van der Waals surface area contributed by atoms with E-state index in [1.807, 2.05) is 12.1 Å². The monoisotopic (exact) mass is 346 g/mol. The molecule has 0 aliphatic rings. The Bertz CT molecular complexity index is 818. The second kappa shape index (κ2) is 6.75. The van der Waals surface area contributed by atoms with E-state index < -0.39 is 10.0 Å². The molecular formula is C18H22N2O3S. The molecule has 1 amide bonds. The number of sulfonamides is 1. The van der Waals surface area contributed by atoms with Gasteiger partial charge in [-0.2, -0.15) is 0 Å². The first-order chi connectivity index (χ1) is 11.1. The highest BCUT2D eigenvalue weighted by Gasteiger charge is 2.14. The van der Waals surface area contributed by atoms with Crippen LogP contribution >= 0.6 is 0 Å². The predicted molar refractivity (Wildman–Crippen MR) is 94.1 cm³/mol. The fraction of sp³-hybridized carbons (Fsp3) is 0.278. The molecule has 2 rings (SSSR count). The highest BCUT2D eigenvalue weighted by atomic mass is 32.2. The second-order valence-electron chi connectivity index (χ2n) is 6.70. The highest BCUT2D eigenvalue weighted by molar-refractivity contribution is 7.89. The lowest BCUT2D eigenvalue weighted by Gasteiger charge is -2.19. The minimum absolute atomic E-state index is 0.0417. The Morgan fingerprint density at radius 2 is 1.54 bits per heavy atom. The van der Waals surface area contributed by atoms with Gasteiger partial charge in [-0.05, 0) is 40.8 Å². The van der Waals surface area contributed by atoms with E-state index in [0.717, 1.165) is 11.1 Å². The van der Waals surface area contributed by atoms with Crippen molar-refractivity contribution in [3.8, 4) is 0 Å². The van der Waals surface area contributed by atoms with Crippen molar-refractivity contribution in [2.45, 2.75) is 37.6 Å². The van der Waals surface area contributed by atoms with Crippen LogP contribution in [0.15, 0.2) is 53.4 Å². The van der Waals surface area contributed by atoms with Gasteiger partial charge in [0.25, 0.3) is 5.91 Å². The molecule has 0 bridgehead atoms. The van der Waals surface area contributed by atoms with E-state index in [0.29, 0.717) is 12.1 Å². The van der Waals surface area contributed by atoms with Crippen LogP contribution in [0, 0.1) is 0 Å². The third-order valence-corrected chi connectivity index (χ3v) is 4.65. The molecule has 24 heavy (non-hydrogen) atoms. The van der Waals surface area contributed by atoms with Crippen molar-refractivity contribution in [2.75, 3.05) is 0 Å². The van der Waals surface area contributed by atoms with Crippen molar-refractivity contribution in [2.24, 2.45) is 5.14 Å². The first kappa shape index (κ1) is 18.2. The molecule has 3 N–H and O–H groups in total. The maximum Gasteiger partial charge on any atom is 0.251 e. The zero-order chi connectivity index (χ0) is 18.0. The van der Waals surface area contributed by atoms with Gasteiger partial charge in [-0.1, -0.05) is 45.0 Å². The van der Waals surface area contributed by atoms with Crippen LogP contribution in [0.4, 0.5) is 0 Å². The molecule has 128 valence electrons. The van der Waals surface area contributed by atoms with Crippen LogP contribution in [-0.4, -0.2) is 14.3 Å².